The van der Waals surface area contributed by atoms with Crippen LogP contribution in [0.25, 0.3) is 0 Å². The van der Waals surface area contributed by atoms with Crippen molar-refractivity contribution in [3.63, 3.8) is 0 Å². The first-order chi connectivity index (χ1) is 13.5. The van der Waals surface area contributed by atoms with Crippen molar-refractivity contribution in [3.8, 4) is 0 Å². The van der Waals surface area contributed by atoms with Crippen molar-refractivity contribution in [1.29, 1.82) is 0 Å². The molecule has 2 amide bonds. The fraction of sp³-hybridized carbons (Fsp3) is 0.600. The molecular weight excluding hydrogens is 360 g/mol. The third-order valence-electron chi connectivity index (χ3n) is 5.49. The topological polar surface area (TPSA) is 105 Å². The van der Waals surface area contributed by atoms with Crippen molar-refractivity contribution in [2.45, 2.75) is 57.4 Å². The Labute approximate surface area is 164 Å². The lowest BCUT2D eigenvalue weighted by Crippen LogP contribution is -2.38. The van der Waals surface area contributed by atoms with E-state index in [9.17, 15) is 19.7 Å². The Hall–Kier alpha value is -2.64. The summed E-state index contributed by atoms with van der Waals surface area (Å²) in [4.78, 5) is 37.3. The number of carbonyl (C=O) groups is 2. The number of nitro benzene ring substituents is 1. The molecule has 3 rings (SSSR count). The van der Waals surface area contributed by atoms with Gasteiger partial charge in [-0.05, 0) is 37.8 Å². The van der Waals surface area contributed by atoms with E-state index < -0.39 is 10.8 Å². The average molecular weight is 388 g/mol. The fourth-order valence-electron chi connectivity index (χ4n) is 3.97. The predicted octanol–water partition coefficient (Wildman–Crippen LogP) is 2.76. The molecule has 1 aliphatic carbocycles. The summed E-state index contributed by atoms with van der Waals surface area (Å²) in [5.41, 5.74) is 0.748. The van der Waals surface area contributed by atoms with Crippen LogP contribution >= 0.6 is 0 Å². The van der Waals surface area contributed by atoms with Crippen molar-refractivity contribution in [1.82, 2.24) is 10.6 Å². The summed E-state index contributed by atoms with van der Waals surface area (Å²) < 4.78 is 0. The second kappa shape index (κ2) is 9.52. The van der Waals surface area contributed by atoms with Crippen LogP contribution in [0.15, 0.2) is 18.2 Å². The van der Waals surface area contributed by atoms with Gasteiger partial charge < -0.3 is 15.5 Å². The summed E-state index contributed by atoms with van der Waals surface area (Å²) >= 11 is 0. The highest BCUT2D eigenvalue weighted by Crippen LogP contribution is 2.31. The molecule has 0 bridgehead atoms. The number of amides is 2. The van der Waals surface area contributed by atoms with E-state index in [1.165, 1.54) is 12.5 Å². The van der Waals surface area contributed by atoms with E-state index in [4.69, 9.17) is 0 Å². The number of anilines is 1. The van der Waals surface area contributed by atoms with Gasteiger partial charge in [0.1, 0.15) is 5.69 Å². The zero-order valence-electron chi connectivity index (χ0n) is 16.1. The molecule has 1 aromatic carbocycles. The second-order valence-corrected chi connectivity index (χ2v) is 7.56. The van der Waals surface area contributed by atoms with E-state index in [-0.39, 0.29) is 36.2 Å². The van der Waals surface area contributed by atoms with Crippen LogP contribution in [0, 0.1) is 10.1 Å². The quantitative estimate of drug-likeness (QED) is 0.552. The van der Waals surface area contributed by atoms with Crippen LogP contribution < -0.4 is 15.5 Å². The zero-order chi connectivity index (χ0) is 19.9. The Bertz CT molecular complexity index is 725. The van der Waals surface area contributed by atoms with Crippen LogP contribution in [0.1, 0.15) is 61.7 Å². The average Bonchev–Trinajstić information content (AvgIpc) is 3.22. The van der Waals surface area contributed by atoms with E-state index in [1.54, 1.807) is 12.1 Å². The fourth-order valence-corrected chi connectivity index (χ4v) is 3.97. The van der Waals surface area contributed by atoms with Crippen LogP contribution in [-0.2, 0) is 4.79 Å². The molecule has 0 atom stereocenters. The summed E-state index contributed by atoms with van der Waals surface area (Å²) in [5, 5.41) is 17.1. The lowest BCUT2D eigenvalue weighted by Gasteiger charge is -2.22. The summed E-state index contributed by atoms with van der Waals surface area (Å²) in [6.07, 6.45) is 7.80. The first-order valence-corrected chi connectivity index (χ1v) is 10.2. The highest BCUT2D eigenvalue weighted by Gasteiger charge is 2.24. The van der Waals surface area contributed by atoms with E-state index in [0.717, 1.165) is 51.6 Å². The number of nitrogens with zero attached hydrogens (tertiary/aromatic N) is 2. The van der Waals surface area contributed by atoms with Gasteiger partial charge in [-0.1, -0.05) is 19.3 Å². The van der Waals surface area contributed by atoms with Gasteiger partial charge in [-0.2, -0.15) is 0 Å². The molecule has 2 aliphatic rings. The molecule has 152 valence electrons. The molecule has 1 aromatic rings. The van der Waals surface area contributed by atoms with Crippen LogP contribution in [0.5, 0.6) is 0 Å². The third-order valence-corrected chi connectivity index (χ3v) is 5.49. The van der Waals surface area contributed by atoms with E-state index in [1.807, 2.05) is 4.90 Å². The zero-order valence-corrected chi connectivity index (χ0v) is 16.1. The van der Waals surface area contributed by atoms with Crippen molar-refractivity contribution >= 4 is 23.2 Å². The Balaban J connectivity index is 1.52. The molecule has 1 saturated heterocycles. The molecule has 2 N–H and O–H groups in total. The molecule has 1 aliphatic heterocycles. The maximum absolute atomic E-state index is 12.3. The highest BCUT2D eigenvalue weighted by atomic mass is 16.6. The summed E-state index contributed by atoms with van der Waals surface area (Å²) in [6.45, 7) is 1.80. The Morgan fingerprint density at radius 1 is 1.11 bits per heavy atom. The Kier molecular flexibility index (Phi) is 6.84. The molecule has 8 heteroatoms. The van der Waals surface area contributed by atoms with E-state index in [2.05, 4.69) is 10.6 Å². The van der Waals surface area contributed by atoms with Crippen molar-refractivity contribution in [2.75, 3.05) is 24.5 Å². The Morgan fingerprint density at radius 3 is 2.50 bits per heavy atom. The molecular formula is C20H28N4O4. The van der Waals surface area contributed by atoms with Gasteiger partial charge in [0.15, 0.2) is 0 Å². The molecule has 2 fully saturated rings. The van der Waals surface area contributed by atoms with Gasteiger partial charge in [0.25, 0.3) is 11.6 Å². The van der Waals surface area contributed by atoms with Crippen LogP contribution in [-0.4, -0.2) is 42.4 Å². The van der Waals surface area contributed by atoms with Crippen LogP contribution in [0.2, 0.25) is 0 Å². The number of hydrogen-bond donors (Lipinski definition) is 2. The van der Waals surface area contributed by atoms with Crippen molar-refractivity contribution in [2.24, 2.45) is 0 Å². The SMILES string of the molecule is O=C(CCNC(=O)c1ccc(N2CCCC2)c([N+](=O)[O-])c1)NC1CCCCC1. The van der Waals surface area contributed by atoms with Crippen molar-refractivity contribution in [3.05, 3.63) is 33.9 Å². The first kappa shape index (κ1) is 20.1. The van der Waals surface area contributed by atoms with Gasteiger partial charge in [0, 0.05) is 43.7 Å². The molecule has 0 unspecified atom stereocenters. The largest absolute Gasteiger partial charge is 0.366 e. The van der Waals surface area contributed by atoms with Gasteiger partial charge in [-0.3, -0.25) is 19.7 Å². The molecule has 0 radical (unpaired) electrons. The standard InChI is InChI=1S/C20H28N4O4/c25-19(22-16-6-2-1-3-7-16)10-11-21-20(26)15-8-9-17(18(14-15)24(27)28)23-12-4-5-13-23/h8-9,14,16H,1-7,10-13H2,(H,21,26)(H,22,25). The maximum atomic E-state index is 12.3. The van der Waals surface area contributed by atoms with E-state index >= 15 is 0 Å². The number of benzene rings is 1. The molecule has 0 aromatic heterocycles. The van der Waals surface area contributed by atoms with Gasteiger partial charge in [0.05, 0.1) is 4.92 Å². The maximum Gasteiger partial charge on any atom is 0.293 e. The minimum absolute atomic E-state index is 0.0513. The highest BCUT2D eigenvalue weighted by molar-refractivity contribution is 5.96. The normalized spacial score (nSPS) is 17.4. The monoisotopic (exact) mass is 388 g/mol. The predicted molar refractivity (Wildman–Crippen MR) is 107 cm³/mol. The summed E-state index contributed by atoms with van der Waals surface area (Å²) in [5.74, 6) is -0.468. The lowest BCUT2D eigenvalue weighted by molar-refractivity contribution is -0.384. The number of nitro groups is 1. The molecule has 1 saturated carbocycles. The third kappa shape index (κ3) is 5.21. The molecule has 28 heavy (non-hydrogen) atoms. The number of rotatable bonds is 7. The Morgan fingerprint density at radius 2 is 1.82 bits per heavy atom. The molecule has 1 heterocycles. The van der Waals surface area contributed by atoms with E-state index in [0.29, 0.717) is 5.69 Å². The van der Waals surface area contributed by atoms with Gasteiger partial charge in [-0.25, -0.2) is 0 Å². The summed E-state index contributed by atoms with van der Waals surface area (Å²) in [6, 6.07) is 4.83. The number of hydrogen-bond acceptors (Lipinski definition) is 5. The van der Waals surface area contributed by atoms with Crippen LogP contribution in [0.3, 0.4) is 0 Å². The van der Waals surface area contributed by atoms with Crippen molar-refractivity contribution < 1.29 is 14.5 Å². The minimum Gasteiger partial charge on any atom is -0.366 e. The second-order valence-electron chi connectivity index (χ2n) is 7.56. The van der Waals surface area contributed by atoms with Crippen LogP contribution in [0.4, 0.5) is 11.4 Å². The summed E-state index contributed by atoms with van der Waals surface area (Å²) in [7, 11) is 0. The smallest absolute Gasteiger partial charge is 0.293 e. The first-order valence-electron chi connectivity index (χ1n) is 10.2. The minimum atomic E-state index is -0.442. The number of carbonyl (C=O) groups excluding carboxylic acids is 2. The van der Waals surface area contributed by atoms with Gasteiger partial charge >= 0.3 is 0 Å². The molecule has 8 nitrogen and oxygen atoms in total. The van der Waals surface area contributed by atoms with Gasteiger partial charge in [-0.15, -0.1) is 0 Å². The lowest BCUT2D eigenvalue weighted by atomic mass is 9.95. The molecule has 0 spiro atoms. The van der Waals surface area contributed by atoms with Gasteiger partial charge in [0.2, 0.25) is 5.91 Å². The number of nitrogens with one attached hydrogen (secondary N) is 2.